The second-order valence-corrected chi connectivity index (χ2v) is 17.4. The fourth-order valence-corrected chi connectivity index (χ4v) is 15.0. The number of amides is 2. The van der Waals surface area contributed by atoms with Gasteiger partial charge in [-0.15, -0.1) is 0 Å². The smallest absolute Gasteiger partial charge is 0.255 e. The maximum absolute atomic E-state index is 15.5. The van der Waals surface area contributed by atoms with Crippen molar-refractivity contribution < 1.29 is 19.4 Å². The number of benzene rings is 2. The van der Waals surface area contributed by atoms with E-state index in [4.69, 9.17) is 4.74 Å². The van der Waals surface area contributed by atoms with E-state index in [9.17, 15) is 9.90 Å². The molecule has 2 saturated carbocycles. The number of anilines is 2. The van der Waals surface area contributed by atoms with Gasteiger partial charge in [-0.2, -0.15) is 0 Å². The van der Waals surface area contributed by atoms with Crippen LogP contribution in [0.4, 0.5) is 11.4 Å². The standard InChI is InChI=1S/C42H42N4O4/c47-13-9-22-20-43-12-11-41-28-5-1-4-8-31(28)46-38(41)26(24(22)16-34(41)43)15-27(40(46)49)32-19-42-29-6-2-3-7-30(29)45-36(48)18-33-37(39(42)45)25-17-35(42)44(32)21-23(25)10-14-50-33/h1-10,15,24-26,32-35,37-39,47H,11-14,16-21H2/b22-9-/t24-,25-,26-,32+,33-,34-,35-,37+,38-,39-,41+,42+/m0/s1. The van der Waals surface area contributed by atoms with Gasteiger partial charge in [-0.3, -0.25) is 19.4 Å². The molecular weight excluding hydrogens is 624 g/mol. The zero-order chi connectivity index (χ0) is 32.8. The largest absolute Gasteiger partial charge is 0.392 e. The zero-order valence-corrected chi connectivity index (χ0v) is 28.2. The molecule has 9 aliphatic heterocycles. The van der Waals surface area contributed by atoms with Crippen LogP contribution >= 0.6 is 0 Å². The molecule has 2 spiro atoms. The van der Waals surface area contributed by atoms with Gasteiger partial charge in [-0.25, -0.2) is 0 Å². The number of rotatable bonds is 2. The van der Waals surface area contributed by atoms with E-state index in [2.05, 4.69) is 86.4 Å². The number of hydrogen-bond acceptors (Lipinski definition) is 6. The molecule has 2 aliphatic carbocycles. The molecule has 2 aromatic carbocycles. The number of fused-ring (bicyclic) bond motifs is 6. The lowest BCUT2D eigenvalue weighted by atomic mass is 9.53. The summed E-state index contributed by atoms with van der Waals surface area (Å²) in [5.74, 6) is 1.58. The normalized spacial score (nSPS) is 46.1. The maximum atomic E-state index is 15.5. The van der Waals surface area contributed by atoms with Gasteiger partial charge in [0.2, 0.25) is 5.91 Å². The average molecular weight is 667 g/mol. The number of aliphatic hydroxyl groups excluding tert-OH is 1. The molecule has 7 fully saturated rings. The Labute approximate surface area is 292 Å². The minimum atomic E-state index is -0.242. The summed E-state index contributed by atoms with van der Waals surface area (Å²) >= 11 is 0. The number of hydrogen-bond donors (Lipinski definition) is 1. The third-order valence-corrected chi connectivity index (χ3v) is 16.3. The van der Waals surface area contributed by atoms with Gasteiger partial charge in [0.15, 0.2) is 0 Å². The van der Waals surface area contributed by atoms with Gasteiger partial charge in [0, 0.05) is 70.8 Å². The Morgan fingerprint density at radius 1 is 0.900 bits per heavy atom. The first-order valence-corrected chi connectivity index (χ1v) is 19.2. The van der Waals surface area contributed by atoms with Crippen molar-refractivity contribution in [3.8, 4) is 0 Å². The van der Waals surface area contributed by atoms with Gasteiger partial charge in [0.05, 0.1) is 37.8 Å². The Bertz CT molecular complexity index is 2060. The zero-order valence-electron chi connectivity index (χ0n) is 28.2. The van der Waals surface area contributed by atoms with Crippen LogP contribution in [0.2, 0.25) is 0 Å². The van der Waals surface area contributed by atoms with Crippen molar-refractivity contribution in [2.45, 2.75) is 79.2 Å². The van der Waals surface area contributed by atoms with Crippen LogP contribution in [0.1, 0.15) is 43.2 Å². The lowest BCUT2D eigenvalue weighted by Crippen LogP contribution is -2.69. The van der Waals surface area contributed by atoms with E-state index < -0.39 is 0 Å². The van der Waals surface area contributed by atoms with Gasteiger partial charge in [0.25, 0.3) is 5.91 Å². The molecule has 0 unspecified atom stereocenters. The summed E-state index contributed by atoms with van der Waals surface area (Å²) in [5, 5.41) is 10.2. The minimum absolute atomic E-state index is 0.0317. The van der Waals surface area contributed by atoms with E-state index >= 15 is 4.79 Å². The highest BCUT2D eigenvalue weighted by Crippen LogP contribution is 2.69. The molecule has 2 amide bonds. The van der Waals surface area contributed by atoms with Crippen molar-refractivity contribution >= 4 is 23.2 Å². The molecule has 4 bridgehead atoms. The number of para-hydroxylation sites is 2. The summed E-state index contributed by atoms with van der Waals surface area (Å²) in [6.45, 7) is 3.45. The summed E-state index contributed by atoms with van der Waals surface area (Å²) in [5.41, 5.74) is 8.39. The van der Waals surface area contributed by atoms with Gasteiger partial charge in [0.1, 0.15) is 0 Å². The SMILES string of the molecule is O=C1C[C@@H]2OCC=C3CN4[C@@H](C5=C[C@@H]6[C@@H]7N(C5=O)c5ccccc5[C@@]75CCN7C/C(=C/CO)[C@@H]6C[C@H]75)C[C@]56c7ccccc7N1[C@H]5[C@@H]2[C@H]3C[C@H]46. The van der Waals surface area contributed by atoms with Gasteiger partial charge < -0.3 is 19.6 Å². The molecule has 5 saturated heterocycles. The molecule has 13 rings (SSSR count). The Hall–Kier alpha value is -3.56. The van der Waals surface area contributed by atoms with E-state index in [1.165, 1.54) is 22.3 Å². The van der Waals surface area contributed by atoms with Crippen LogP contribution in [0, 0.1) is 23.7 Å². The first-order chi connectivity index (χ1) is 24.5. The van der Waals surface area contributed by atoms with Crippen molar-refractivity contribution in [1.82, 2.24) is 9.80 Å². The Kier molecular flexibility index (Phi) is 5.10. The first-order valence-electron chi connectivity index (χ1n) is 19.2. The Morgan fingerprint density at radius 3 is 2.52 bits per heavy atom. The molecule has 2 aromatic rings. The molecule has 9 heterocycles. The second-order valence-electron chi connectivity index (χ2n) is 17.4. The molecule has 50 heavy (non-hydrogen) atoms. The third-order valence-electron chi connectivity index (χ3n) is 16.3. The molecule has 0 radical (unpaired) electrons. The summed E-state index contributed by atoms with van der Waals surface area (Å²) in [7, 11) is 0. The third kappa shape index (κ3) is 2.89. The Balaban J connectivity index is 1.02. The lowest BCUT2D eigenvalue weighted by Gasteiger charge is -2.59. The number of carbonyl (C=O) groups is 2. The van der Waals surface area contributed by atoms with Crippen LogP contribution in [0.5, 0.6) is 0 Å². The summed E-state index contributed by atoms with van der Waals surface area (Å²) in [6.07, 6.45) is 11.3. The number of ether oxygens (including phenoxy) is 1. The van der Waals surface area contributed by atoms with E-state index in [0.717, 1.165) is 62.3 Å². The van der Waals surface area contributed by atoms with Gasteiger partial charge in [-0.1, -0.05) is 65.8 Å². The maximum Gasteiger partial charge on any atom is 0.255 e. The van der Waals surface area contributed by atoms with Crippen molar-refractivity contribution in [1.29, 1.82) is 0 Å². The van der Waals surface area contributed by atoms with Crippen molar-refractivity contribution in [3.63, 3.8) is 0 Å². The van der Waals surface area contributed by atoms with Gasteiger partial charge in [-0.05, 0) is 67.3 Å². The van der Waals surface area contributed by atoms with E-state index in [1.807, 2.05) is 0 Å². The van der Waals surface area contributed by atoms with Crippen LogP contribution in [0.3, 0.4) is 0 Å². The van der Waals surface area contributed by atoms with Crippen molar-refractivity contribution in [2.75, 3.05) is 42.6 Å². The van der Waals surface area contributed by atoms with Crippen molar-refractivity contribution in [2.24, 2.45) is 23.7 Å². The number of carbonyl (C=O) groups excluding carboxylic acids is 2. The number of aliphatic hydroxyl groups is 1. The lowest BCUT2D eigenvalue weighted by molar-refractivity contribution is -0.132. The van der Waals surface area contributed by atoms with Crippen LogP contribution in [0.25, 0.3) is 0 Å². The number of nitrogens with zero attached hydrogens (tertiary/aromatic N) is 4. The molecule has 1 N–H and O–H groups in total. The summed E-state index contributed by atoms with van der Waals surface area (Å²) in [6, 6.07) is 18.4. The summed E-state index contributed by atoms with van der Waals surface area (Å²) in [4.78, 5) is 39.5. The number of piperidine rings is 3. The molecule has 12 atom stereocenters. The molecule has 254 valence electrons. The molecule has 8 heteroatoms. The quantitative estimate of drug-likeness (QED) is 0.493. The van der Waals surface area contributed by atoms with Crippen LogP contribution < -0.4 is 9.80 Å². The fraction of sp³-hybridized carbons (Fsp3) is 0.524. The minimum Gasteiger partial charge on any atom is -0.392 e. The predicted octanol–water partition coefficient (Wildman–Crippen LogP) is 3.70. The highest BCUT2D eigenvalue weighted by atomic mass is 16.5. The predicted molar refractivity (Wildman–Crippen MR) is 187 cm³/mol. The highest BCUT2D eigenvalue weighted by molar-refractivity contribution is 6.10. The molecule has 8 nitrogen and oxygen atoms in total. The average Bonchev–Trinajstić information content (AvgIpc) is 3.83. The second kappa shape index (κ2) is 9.08. The van der Waals surface area contributed by atoms with Crippen LogP contribution in [0.15, 0.2) is 83.5 Å². The topological polar surface area (TPSA) is 76.6 Å². The van der Waals surface area contributed by atoms with E-state index in [0.29, 0.717) is 30.9 Å². The van der Waals surface area contributed by atoms with Crippen LogP contribution in [-0.2, 0) is 25.2 Å². The van der Waals surface area contributed by atoms with E-state index in [1.54, 1.807) is 0 Å². The monoisotopic (exact) mass is 666 g/mol. The summed E-state index contributed by atoms with van der Waals surface area (Å²) < 4.78 is 6.53. The molecular formula is C42H42N4O4. The van der Waals surface area contributed by atoms with Gasteiger partial charge >= 0.3 is 0 Å². The highest BCUT2D eigenvalue weighted by Gasteiger charge is 2.74. The molecule has 11 aliphatic rings. The Morgan fingerprint density at radius 2 is 1.68 bits per heavy atom. The first kappa shape index (κ1) is 28.1. The molecule has 0 aromatic heterocycles. The van der Waals surface area contributed by atoms with E-state index in [-0.39, 0.29) is 71.4 Å². The fourth-order valence-electron chi connectivity index (χ4n) is 15.0. The van der Waals surface area contributed by atoms with Crippen molar-refractivity contribution in [3.05, 3.63) is 94.6 Å². The van der Waals surface area contributed by atoms with Crippen LogP contribution in [-0.4, -0.2) is 95.9 Å².